The largest absolute Gasteiger partial charge is 0.298 e. The van der Waals surface area contributed by atoms with Crippen LogP contribution in [0.1, 0.15) is 30.6 Å². The van der Waals surface area contributed by atoms with E-state index in [1.54, 1.807) is 17.8 Å². The minimum Gasteiger partial charge on any atom is -0.298 e. The SMILES string of the molecule is CCC(C)Sc1ccc(F)cc1C=O. The molecule has 0 amide bonds. The molecule has 0 saturated carbocycles. The molecule has 0 bridgehead atoms. The molecule has 0 aliphatic carbocycles. The number of rotatable bonds is 4. The molecule has 1 aromatic carbocycles. The summed E-state index contributed by atoms with van der Waals surface area (Å²) in [5, 5.41) is 0.444. The first-order valence-electron chi connectivity index (χ1n) is 4.58. The quantitative estimate of drug-likeness (QED) is 0.561. The van der Waals surface area contributed by atoms with Gasteiger partial charge in [0.1, 0.15) is 5.82 Å². The van der Waals surface area contributed by atoms with Gasteiger partial charge in [0.15, 0.2) is 6.29 Å². The molecule has 0 N–H and O–H groups in total. The third kappa shape index (κ3) is 2.84. The van der Waals surface area contributed by atoms with Crippen LogP contribution in [0.15, 0.2) is 23.1 Å². The summed E-state index contributed by atoms with van der Waals surface area (Å²) in [4.78, 5) is 11.5. The van der Waals surface area contributed by atoms with Crippen molar-refractivity contribution in [3.05, 3.63) is 29.6 Å². The van der Waals surface area contributed by atoms with Gasteiger partial charge in [-0.25, -0.2) is 4.39 Å². The van der Waals surface area contributed by atoms with Crippen molar-refractivity contribution in [1.29, 1.82) is 0 Å². The predicted molar refractivity (Wildman–Crippen MR) is 57.4 cm³/mol. The zero-order chi connectivity index (χ0) is 10.6. The maximum atomic E-state index is 12.8. The first-order chi connectivity index (χ1) is 6.67. The van der Waals surface area contributed by atoms with Crippen molar-refractivity contribution in [3.8, 4) is 0 Å². The van der Waals surface area contributed by atoms with Crippen LogP contribution in [-0.2, 0) is 0 Å². The molecule has 14 heavy (non-hydrogen) atoms. The molecule has 1 atom stereocenters. The molecule has 0 aliphatic heterocycles. The normalized spacial score (nSPS) is 12.5. The highest BCUT2D eigenvalue weighted by Gasteiger charge is 2.07. The monoisotopic (exact) mass is 212 g/mol. The second kappa shape index (κ2) is 5.15. The second-order valence-electron chi connectivity index (χ2n) is 3.14. The summed E-state index contributed by atoms with van der Waals surface area (Å²) in [6.45, 7) is 4.17. The van der Waals surface area contributed by atoms with Crippen molar-refractivity contribution in [2.75, 3.05) is 0 Å². The van der Waals surface area contributed by atoms with E-state index in [-0.39, 0.29) is 5.82 Å². The fourth-order valence-electron chi connectivity index (χ4n) is 1.02. The number of benzene rings is 1. The Morgan fingerprint density at radius 1 is 1.57 bits per heavy atom. The molecule has 1 rings (SSSR count). The van der Waals surface area contributed by atoms with E-state index in [0.29, 0.717) is 17.1 Å². The van der Waals surface area contributed by atoms with Gasteiger partial charge in [-0.2, -0.15) is 0 Å². The molecular formula is C11H13FOS. The summed E-state index contributed by atoms with van der Waals surface area (Å²) in [6, 6.07) is 4.32. The van der Waals surface area contributed by atoms with Crippen LogP contribution in [0.4, 0.5) is 4.39 Å². The minimum atomic E-state index is -0.361. The van der Waals surface area contributed by atoms with Gasteiger partial charge in [-0.05, 0) is 24.6 Å². The van der Waals surface area contributed by atoms with Gasteiger partial charge in [-0.1, -0.05) is 13.8 Å². The lowest BCUT2D eigenvalue weighted by Gasteiger charge is -2.09. The topological polar surface area (TPSA) is 17.1 Å². The number of halogens is 1. The first-order valence-corrected chi connectivity index (χ1v) is 5.46. The Morgan fingerprint density at radius 3 is 2.86 bits per heavy atom. The third-order valence-electron chi connectivity index (χ3n) is 2.00. The van der Waals surface area contributed by atoms with E-state index in [0.717, 1.165) is 11.3 Å². The zero-order valence-electron chi connectivity index (χ0n) is 8.29. The van der Waals surface area contributed by atoms with E-state index in [1.807, 2.05) is 0 Å². The van der Waals surface area contributed by atoms with Crippen molar-refractivity contribution in [2.45, 2.75) is 30.4 Å². The van der Waals surface area contributed by atoms with Gasteiger partial charge in [0.05, 0.1) is 0 Å². The van der Waals surface area contributed by atoms with E-state index < -0.39 is 0 Å². The van der Waals surface area contributed by atoms with Crippen LogP contribution in [-0.4, -0.2) is 11.5 Å². The lowest BCUT2D eigenvalue weighted by Crippen LogP contribution is -1.95. The molecule has 0 radical (unpaired) electrons. The van der Waals surface area contributed by atoms with E-state index >= 15 is 0 Å². The Hall–Kier alpha value is -0.830. The number of hydrogen-bond donors (Lipinski definition) is 0. The average Bonchev–Trinajstić information content (AvgIpc) is 2.20. The molecule has 1 nitrogen and oxygen atoms in total. The lowest BCUT2D eigenvalue weighted by atomic mass is 10.2. The number of hydrogen-bond acceptors (Lipinski definition) is 2. The molecular weight excluding hydrogens is 199 g/mol. The Morgan fingerprint density at radius 2 is 2.29 bits per heavy atom. The zero-order valence-corrected chi connectivity index (χ0v) is 9.10. The second-order valence-corrected chi connectivity index (χ2v) is 4.62. The molecule has 0 spiro atoms. The van der Waals surface area contributed by atoms with Crippen LogP contribution < -0.4 is 0 Å². The highest BCUT2D eigenvalue weighted by atomic mass is 32.2. The van der Waals surface area contributed by atoms with Gasteiger partial charge < -0.3 is 0 Å². The number of thioether (sulfide) groups is 1. The molecule has 1 aromatic rings. The Bertz CT molecular complexity index is 325. The summed E-state index contributed by atoms with van der Waals surface area (Å²) < 4.78 is 12.8. The Balaban J connectivity index is 2.90. The third-order valence-corrected chi connectivity index (χ3v) is 3.36. The first kappa shape index (κ1) is 11.2. The van der Waals surface area contributed by atoms with Crippen molar-refractivity contribution < 1.29 is 9.18 Å². The summed E-state index contributed by atoms with van der Waals surface area (Å²) in [5.41, 5.74) is 0.440. The molecule has 0 fully saturated rings. The van der Waals surface area contributed by atoms with E-state index in [1.165, 1.54) is 12.1 Å². The molecule has 1 unspecified atom stereocenters. The fraction of sp³-hybridized carbons (Fsp3) is 0.364. The van der Waals surface area contributed by atoms with Gasteiger partial charge in [0.25, 0.3) is 0 Å². The number of aldehydes is 1. The van der Waals surface area contributed by atoms with Crippen molar-refractivity contribution in [3.63, 3.8) is 0 Å². The highest BCUT2D eigenvalue weighted by Crippen LogP contribution is 2.27. The van der Waals surface area contributed by atoms with Gasteiger partial charge in [0.2, 0.25) is 0 Å². The van der Waals surface area contributed by atoms with Crippen molar-refractivity contribution >= 4 is 18.0 Å². The summed E-state index contributed by atoms with van der Waals surface area (Å²) in [6.07, 6.45) is 1.73. The Labute approximate surface area is 87.7 Å². The van der Waals surface area contributed by atoms with Gasteiger partial charge >= 0.3 is 0 Å². The van der Waals surface area contributed by atoms with Crippen LogP contribution in [0.5, 0.6) is 0 Å². The van der Waals surface area contributed by atoms with Gasteiger partial charge in [-0.3, -0.25) is 4.79 Å². The highest BCUT2D eigenvalue weighted by molar-refractivity contribution is 8.00. The summed E-state index contributed by atoms with van der Waals surface area (Å²) >= 11 is 1.61. The van der Waals surface area contributed by atoms with E-state index in [9.17, 15) is 9.18 Å². The van der Waals surface area contributed by atoms with Crippen LogP contribution in [0, 0.1) is 5.82 Å². The maximum absolute atomic E-state index is 12.8. The molecule has 3 heteroatoms. The van der Waals surface area contributed by atoms with E-state index in [4.69, 9.17) is 0 Å². The molecule has 0 saturated heterocycles. The van der Waals surface area contributed by atoms with Crippen LogP contribution in [0.25, 0.3) is 0 Å². The maximum Gasteiger partial charge on any atom is 0.151 e. The molecule has 0 heterocycles. The molecule has 0 aliphatic rings. The van der Waals surface area contributed by atoms with Crippen LogP contribution >= 0.6 is 11.8 Å². The predicted octanol–water partition coefficient (Wildman–Crippen LogP) is 3.53. The van der Waals surface area contributed by atoms with Crippen molar-refractivity contribution in [2.24, 2.45) is 0 Å². The molecule has 0 aromatic heterocycles. The molecule has 76 valence electrons. The number of carbonyl (C=O) groups excluding carboxylic acids is 1. The minimum absolute atomic E-state index is 0.361. The lowest BCUT2D eigenvalue weighted by molar-refractivity contribution is 0.112. The van der Waals surface area contributed by atoms with Crippen molar-refractivity contribution in [1.82, 2.24) is 0 Å². The average molecular weight is 212 g/mol. The van der Waals surface area contributed by atoms with Gasteiger partial charge in [0, 0.05) is 15.7 Å². The standard InChI is InChI=1S/C11H13FOS/c1-3-8(2)14-11-5-4-10(12)6-9(11)7-13/h4-8H,3H2,1-2H3. The fourth-order valence-corrected chi connectivity index (χ4v) is 2.01. The smallest absolute Gasteiger partial charge is 0.151 e. The van der Waals surface area contributed by atoms with E-state index in [2.05, 4.69) is 13.8 Å². The van der Waals surface area contributed by atoms with Crippen LogP contribution in [0.3, 0.4) is 0 Å². The summed E-state index contributed by atoms with van der Waals surface area (Å²) in [5.74, 6) is -0.361. The Kier molecular flexibility index (Phi) is 4.14. The van der Waals surface area contributed by atoms with Crippen LogP contribution in [0.2, 0.25) is 0 Å². The number of carbonyl (C=O) groups is 1. The van der Waals surface area contributed by atoms with Gasteiger partial charge in [-0.15, -0.1) is 11.8 Å². The summed E-state index contributed by atoms with van der Waals surface area (Å²) in [7, 11) is 0.